The first kappa shape index (κ1) is 13.0. The Kier molecular flexibility index (Phi) is 4.09. The van der Waals surface area contributed by atoms with Crippen molar-refractivity contribution in [2.45, 2.75) is 64.3 Å². The third-order valence-corrected chi connectivity index (χ3v) is 5.07. The van der Waals surface area contributed by atoms with E-state index in [4.69, 9.17) is 0 Å². The molecule has 2 aliphatic rings. The summed E-state index contributed by atoms with van der Waals surface area (Å²) in [4.78, 5) is 4.51. The van der Waals surface area contributed by atoms with Crippen LogP contribution in [0, 0.1) is 11.8 Å². The molecule has 0 atom stereocenters. The summed E-state index contributed by atoms with van der Waals surface area (Å²) in [5.41, 5.74) is 0. The van der Waals surface area contributed by atoms with Crippen molar-refractivity contribution < 1.29 is 0 Å². The second kappa shape index (κ2) is 5.98. The molecular formula is C16H27N3. The molecule has 2 saturated carbocycles. The third kappa shape index (κ3) is 3.13. The standard InChI is InChI=1S/C16H27N3/c1-13-6-8-14(9-7-13)12-18-16-17-10-11-19(16)15-4-2-3-5-15/h10-11,13-15H,2-9,12H2,1H3,(H,17,18). The van der Waals surface area contributed by atoms with Crippen LogP contribution in [0.15, 0.2) is 12.4 Å². The van der Waals surface area contributed by atoms with Crippen LogP contribution in [-0.4, -0.2) is 16.1 Å². The first-order chi connectivity index (χ1) is 9.33. The van der Waals surface area contributed by atoms with Gasteiger partial charge in [0.2, 0.25) is 5.95 Å². The van der Waals surface area contributed by atoms with E-state index in [0.717, 1.165) is 24.3 Å². The minimum atomic E-state index is 0.691. The number of hydrogen-bond donors (Lipinski definition) is 1. The first-order valence-electron chi connectivity index (χ1n) is 8.09. The molecule has 0 amide bonds. The Morgan fingerprint density at radius 1 is 1.16 bits per heavy atom. The molecule has 3 rings (SSSR count). The normalized spacial score (nSPS) is 28.7. The zero-order valence-electron chi connectivity index (χ0n) is 12.1. The molecule has 0 saturated heterocycles. The molecular weight excluding hydrogens is 234 g/mol. The highest BCUT2D eigenvalue weighted by atomic mass is 15.2. The third-order valence-electron chi connectivity index (χ3n) is 5.07. The van der Waals surface area contributed by atoms with Gasteiger partial charge >= 0.3 is 0 Å². The lowest BCUT2D eigenvalue weighted by Gasteiger charge is -2.26. The summed E-state index contributed by atoms with van der Waals surface area (Å²) in [6.45, 7) is 3.49. The number of nitrogens with one attached hydrogen (secondary N) is 1. The number of rotatable bonds is 4. The van der Waals surface area contributed by atoms with Crippen molar-refractivity contribution in [2.24, 2.45) is 11.8 Å². The SMILES string of the molecule is CC1CCC(CNc2nccn2C2CCCC2)CC1. The lowest BCUT2D eigenvalue weighted by molar-refractivity contribution is 0.300. The van der Waals surface area contributed by atoms with E-state index < -0.39 is 0 Å². The van der Waals surface area contributed by atoms with Crippen molar-refractivity contribution >= 4 is 5.95 Å². The topological polar surface area (TPSA) is 29.9 Å². The van der Waals surface area contributed by atoms with Crippen molar-refractivity contribution in [3.8, 4) is 0 Å². The van der Waals surface area contributed by atoms with Crippen LogP contribution in [0.3, 0.4) is 0 Å². The summed E-state index contributed by atoms with van der Waals surface area (Å²) >= 11 is 0. The molecule has 0 aromatic carbocycles. The summed E-state index contributed by atoms with van der Waals surface area (Å²) in [5, 5.41) is 3.61. The number of hydrogen-bond acceptors (Lipinski definition) is 2. The van der Waals surface area contributed by atoms with Gasteiger partial charge in [0, 0.05) is 25.0 Å². The van der Waals surface area contributed by atoms with Crippen molar-refractivity contribution in [1.82, 2.24) is 9.55 Å². The molecule has 0 bridgehead atoms. The zero-order valence-corrected chi connectivity index (χ0v) is 12.1. The van der Waals surface area contributed by atoms with Gasteiger partial charge in [-0.2, -0.15) is 0 Å². The lowest BCUT2D eigenvalue weighted by atomic mass is 9.83. The summed E-state index contributed by atoms with van der Waals surface area (Å²) < 4.78 is 2.37. The molecule has 3 heteroatoms. The Morgan fingerprint density at radius 3 is 2.63 bits per heavy atom. The highest BCUT2D eigenvalue weighted by Crippen LogP contribution is 2.32. The smallest absolute Gasteiger partial charge is 0.203 e. The van der Waals surface area contributed by atoms with Crippen molar-refractivity contribution in [2.75, 3.05) is 11.9 Å². The fourth-order valence-electron chi connectivity index (χ4n) is 3.70. The van der Waals surface area contributed by atoms with Gasteiger partial charge in [0.1, 0.15) is 0 Å². The largest absolute Gasteiger partial charge is 0.355 e. The molecule has 1 aromatic rings. The minimum absolute atomic E-state index is 0.691. The Balaban J connectivity index is 1.54. The molecule has 2 aliphatic carbocycles. The molecule has 0 spiro atoms. The van der Waals surface area contributed by atoms with E-state index in [1.165, 1.54) is 51.4 Å². The van der Waals surface area contributed by atoms with E-state index >= 15 is 0 Å². The second-order valence-electron chi connectivity index (χ2n) is 6.60. The quantitative estimate of drug-likeness (QED) is 0.878. The molecule has 0 aliphatic heterocycles. The van der Waals surface area contributed by atoms with Gasteiger partial charge in [0.25, 0.3) is 0 Å². The summed E-state index contributed by atoms with van der Waals surface area (Å²) in [5.74, 6) is 2.90. The first-order valence-corrected chi connectivity index (χ1v) is 8.09. The predicted octanol–water partition coefficient (Wildman–Crippen LogP) is 4.24. The summed E-state index contributed by atoms with van der Waals surface area (Å²) in [6.07, 6.45) is 15.1. The Hall–Kier alpha value is -0.990. The summed E-state index contributed by atoms with van der Waals surface area (Å²) in [7, 11) is 0. The fourth-order valence-corrected chi connectivity index (χ4v) is 3.70. The minimum Gasteiger partial charge on any atom is -0.355 e. The molecule has 2 fully saturated rings. The van der Waals surface area contributed by atoms with Crippen LogP contribution in [0.25, 0.3) is 0 Å². The van der Waals surface area contributed by atoms with Crippen LogP contribution < -0.4 is 5.32 Å². The van der Waals surface area contributed by atoms with Gasteiger partial charge in [-0.3, -0.25) is 0 Å². The molecule has 106 valence electrons. The van der Waals surface area contributed by atoms with Crippen molar-refractivity contribution in [3.63, 3.8) is 0 Å². The van der Waals surface area contributed by atoms with Gasteiger partial charge in [-0.15, -0.1) is 0 Å². The van der Waals surface area contributed by atoms with Gasteiger partial charge in [0.05, 0.1) is 0 Å². The van der Waals surface area contributed by atoms with E-state index in [1.807, 2.05) is 6.20 Å². The maximum atomic E-state index is 4.51. The van der Waals surface area contributed by atoms with E-state index in [-0.39, 0.29) is 0 Å². The maximum absolute atomic E-state index is 4.51. The predicted molar refractivity (Wildman–Crippen MR) is 79.3 cm³/mol. The fraction of sp³-hybridized carbons (Fsp3) is 0.812. The Labute approximate surface area is 116 Å². The molecule has 0 unspecified atom stereocenters. The van der Waals surface area contributed by atoms with Crippen LogP contribution in [0.1, 0.15) is 64.3 Å². The van der Waals surface area contributed by atoms with Gasteiger partial charge in [0.15, 0.2) is 0 Å². The van der Waals surface area contributed by atoms with Crippen LogP contribution in [-0.2, 0) is 0 Å². The van der Waals surface area contributed by atoms with Crippen molar-refractivity contribution in [1.29, 1.82) is 0 Å². The molecule has 1 N–H and O–H groups in total. The highest BCUT2D eigenvalue weighted by molar-refractivity contribution is 5.27. The molecule has 0 radical (unpaired) electrons. The van der Waals surface area contributed by atoms with Gasteiger partial charge in [-0.1, -0.05) is 32.6 Å². The van der Waals surface area contributed by atoms with Crippen LogP contribution in [0.5, 0.6) is 0 Å². The number of nitrogens with zero attached hydrogens (tertiary/aromatic N) is 2. The molecule has 1 heterocycles. The van der Waals surface area contributed by atoms with Gasteiger partial charge in [-0.25, -0.2) is 4.98 Å². The monoisotopic (exact) mass is 261 g/mol. The number of aromatic nitrogens is 2. The molecule has 19 heavy (non-hydrogen) atoms. The average molecular weight is 261 g/mol. The van der Waals surface area contributed by atoms with Crippen molar-refractivity contribution in [3.05, 3.63) is 12.4 Å². The van der Waals surface area contributed by atoms with Gasteiger partial charge < -0.3 is 9.88 Å². The Morgan fingerprint density at radius 2 is 1.89 bits per heavy atom. The maximum Gasteiger partial charge on any atom is 0.203 e. The molecule has 1 aromatic heterocycles. The van der Waals surface area contributed by atoms with E-state index in [2.05, 4.69) is 28.0 Å². The van der Waals surface area contributed by atoms with E-state index in [1.54, 1.807) is 0 Å². The van der Waals surface area contributed by atoms with Crippen LogP contribution in [0.4, 0.5) is 5.95 Å². The highest BCUT2D eigenvalue weighted by Gasteiger charge is 2.21. The zero-order chi connectivity index (χ0) is 13.1. The van der Waals surface area contributed by atoms with Crippen LogP contribution in [0.2, 0.25) is 0 Å². The van der Waals surface area contributed by atoms with E-state index in [9.17, 15) is 0 Å². The van der Waals surface area contributed by atoms with Crippen LogP contribution >= 0.6 is 0 Å². The number of imidazole rings is 1. The summed E-state index contributed by atoms with van der Waals surface area (Å²) in [6, 6.07) is 0.691. The molecule has 3 nitrogen and oxygen atoms in total. The van der Waals surface area contributed by atoms with E-state index in [0.29, 0.717) is 6.04 Å². The second-order valence-corrected chi connectivity index (χ2v) is 6.60. The van der Waals surface area contributed by atoms with Gasteiger partial charge in [-0.05, 0) is 37.5 Å². The number of anilines is 1. The average Bonchev–Trinajstić information content (AvgIpc) is 3.08. The lowest BCUT2D eigenvalue weighted by Crippen LogP contribution is -2.22. The Bertz CT molecular complexity index is 384.